The van der Waals surface area contributed by atoms with E-state index >= 15 is 0 Å². The van der Waals surface area contributed by atoms with Crippen LogP contribution < -0.4 is 5.32 Å². The Labute approximate surface area is 146 Å². The van der Waals surface area contributed by atoms with Gasteiger partial charge in [-0.2, -0.15) is 0 Å². The maximum absolute atomic E-state index is 12.3. The number of carbonyl (C=O) groups is 3. The van der Waals surface area contributed by atoms with Crippen molar-refractivity contribution in [2.24, 2.45) is 0 Å². The van der Waals surface area contributed by atoms with Crippen LogP contribution in [0.2, 0.25) is 0 Å². The van der Waals surface area contributed by atoms with E-state index in [4.69, 9.17) is 9.47 Å². The predicted octanol–water partition coefficient (Wildman–Crippen LogP) is 1.61. The fraction of sp³-hybridized carbons (Fsp3) is 0.529. The van der Waals surface area contributed by atoms with E-state index in [0.717, 1.165) is 0 Å². The smallest absolute Gasteiger partial charge is 0.409 e. The lowest BCUT2D eigenvalue weighted by atomic mass is 10.1. The van der Waals surface area contributed by atoms with Gasteiger partial charge < -0.3 is 19.7 Å². The van der Waals surface area contributed by atoms with Crippen molar-refractivity contribution < 1.29 is 23.9 Å². The van der Waals surface area contributed by atoms with Gasteiger partial charge in [-0.15, -0.1) is 0 Å². The highest BCUT2D eigenvalue weighted by atomic mass is 16.6. The van der Waals surface area contributed by atoms with Crippen LogP contribution >= 0.6 is 0 Å². The Morgan fingerprint density at radius 2 is 1.76 bits per heavy atom. The zero-order valence-corrected chi connectivity index (χ0v) is 14.5. The van der Waals surface area contributed by atoms with Crippen LogP contribution in [0, 0.1) is 0 Å². The maximum Gasteiger partial charge on any atom is 0.409 e. The number of carbonyl (C=O) groups excluding carboxylic acids is 3. The van der Waals surface area contributed by atoms with Gasteiger partial charge in [-0.25, -0.2) is 14.6 Å². The van der Waals surface area contributed by atoms with Crippen molar-refractivity contribution in [3.05, 3.63) is 29.6 Å². The number of nitrogens with zero attached hydrogens (tertiary/aromatic N) is 2. The molecule has 1 aromatic heterocycles. The Kier molecular flexibility index (Phi) is 6.73. The second-order valence-corrected chi connectivity index (χ2v) is 5.56. The predicted molar refractivity (Wildman–Crippen MR) is 89.3 cm³/mol. The van der Waals surface area contributed by atoms with Crippen molar-refractivity contribution in [3.8, 4) is 0 Å². The number of hydrogen-bond acceptors (Lipinski definition) is 6. The number of esters is 1. The number of piperidine rings is 1. The number of ether oxygens (including phenoxy) is 2. The first kappa shape index (κ1) is 18.7. The first-order valence-electron chi connectivity index (χ1n) is 8.41. The number of rotatable bonds is 5. The number of hydrogen-bond donors (Lipinski definition) is 1. The highest BCUT2D eigenvalue weighted by Gasteiger charge is 2.25. The Hall–Kier alpha value is -2.64. The van der Waals surface area contributed by atoms with Gasteiger partial charge in [0.05, 0.1) is 13.2 Å². The third kappa shape index (κ3) is 5.17. The molecular weight excluding hydrogens is 326 g/mol. The second kappa shape index (κ2) is 9.00. The largest absolute Gasteiger partial charge is 0.461 e. The van der Waals surface area contributed by atoms with Gasteiger partial charge in [0.2, 0.25) is 0 Å². The Morgan fingerprint density at radius 3 is 2.40 bits per heavy atom. The van der Waals surface area contributed by atoms with Crippen LogP contribution in [0.25, 0.3) is 0 Å². The molecule has 1 saturated heterocycles. The van der Waals surface area contributed by atoms with Crippen LogP contribution in [0.5, 0.6) is 0 Å². The SMILES string of the molecule is CCOC(=O)c1cccc(C(=O)NC2CCN(C(=O)OCC)CC2)n1. The highest BCUT2D eigenvalue weighted by molar-refractivity contribution is 5.94. The van der Waals surface area contributed by atoms with Crippen LogP contribution in [0.4, 0.5) is 4.79 Å². The molecule has 25 heavy (non-hydrogen) atoms. The molecule has 1 aliphatic rings. The summed E-state index contributed by atoms with van der Waals surface area (Å²) in [6.07, 6.45) is 0.959. The van der Waals surface area contributed by atoms with Crippen molar-refractivity contribution in [1.82, 2.24) is 15.2 Å². The van der Waals surface area contributed by atoms with Crippen LogP contribution in [0.3, 0.4) is 0 Å². The minimum atomic E-state index is -0.556. The van der Waals surface area contributed by atoms with E-state index in [2.05, 4.69) is 10.3 Å². The molecule has 0 saturated carbocycles. The van der Waals surface area contributed by atoms with Gasteiger partial charge in [0, 0.05) is 19.1 Å². The lowest BCUT2D eigenvalue weighted by molar-refractivity contribution is 0.0519. The molecule has 136 valence electrons. The van der Waals surface area contributed by atoms with Gasteiger partial charge in [0.15, 0.2) is 0 Å². The standard InChI is InChI=1S/C17H23N3O5/c1-3-24-16(22)14-7-5-6-13(19-14)15(21)18-12-8-10-20(11-9-12)17(23)25-4-2/h5-7,12H,3-4,8-11H2,1-2H3,(H,18,21). The molecule has 2 amide bonds. The molecule has 2 heterocycles. The van der Waals surface area contributed by atoms with Gasteiger partial charge in [-0.3, -0.25) is 4.79 Å². The van der Waals surface area contributed by atoms with Crippen molar-refractivity contribution in [2.45, 2.75) is 32.7 Å². The molecule has 1 aromatic rings. The molecule has 1 fully saturated rings. The van der Waals surface area contributed by atoms with E-state index < -0.39 is 5.97 Å². The third-order valence-electron chi connectivity index (χ3n) is 3.82. The molecule has 1 N–H and O–H groups in total. The molecule has 0 atom stereocenters. The van der Waals surface area contributed by atoms with Gasteiger partial charge >= 0.3 is 12.1 Å². The second-order valence-electron chi connectivity index (χ2n) is 5.56. The van der Waals surface area contributed by atoms with Crippen LogP contribution in [0.1, 0.15) is 47.7 Å². The van der Waals surface area contributed by atoms with Gasteiger partial charge in [-0.1, -0.05) is 6.07 Å². The summed E-state index contributed by atoms with van der Waals surface area (Å²) >= 11 is 0. The summed E-state index contributed by atoms with van der Waals surface area (Å²) in [5.74, 6) is -0.902. The van der Waals surface area contributed by atoms with Crippen LogP contribution in [-0.4, -0.2) is 60.2 Å². The third-order valence-corrected chi connectivity index (χ3v) is 3.82. The molecule has 0 bridgehead atoms. The number of pyridine rings is 1. The summed E-state index contributed by atoms with van der Waals surface area (Å²) in [6, 6.07) is 4.60. The summed E-state index contributed by atoms with van der Waals surface area (Å²) in [5.41, 5.74) is 0.269. The Bertz CT molecular complexity index is 626. The lowest BCUT2D eigenvalue weighted by Gasteiger charge is -2.31. The monoisotopic (exact) mass is 349 g/mol. The average molecular weight is 349 g/mol. The quantitative estimate of drug-likeness (QED) is 0.811. The molecule has 0 aromatic carbocycles. The molecule has 0 radical (unpaired) electrons. The van der Waals surface area contributed by atoms with Crippen LogP contribution in [0.15, 0.2) is 18.2 Å². The maximum atomic E-state index is 12.3. The molecule has 8 nitrogen and oxygen atoms in total. The fourth-order valence-corrected chi connectivity index (χ4v) is 2.56. The van der Waals surface area contributed by atoms with Crippen LogP contribution in [-0.2, 0) is 9.47 Å². The summed E-state index contributed by atoms with van der Waals surface area (Å²) in [5, 5.41) is 2.89. The first-order chi connectivity index (χ1) is 12.0. The van der Waals surface area contributed by atoms with Crippen molar-refractivity contribution in [2.75, 3.05) is 26.3 Å². The Balaban J connectivity index is 1.90. The zero-order chi connectivity index (χ0) is 18.2. The molecular formula is C17H23N3O5. The minimum absolute atomic E-state index is 0.0498. The number of likely N-dealkylation sites (tertiary alicyclic amines) is 1. The lowest BCUT2D eigenvalue weighted by Crippen LogP contribution is -2.46. The summed E-state index contributed by atoms with van der Waals surface area (Å²) in [6.45, 7) is 5.12. The van der Waals surface area contributed by atoms with Gasteiger partial charge in [-0.05, 0) is 38.8 Å². The van der Waals surface area contributed by atoms with E-state index in [0.29, 0.717) is 32.5 Å². The molecule has 0 unspecified atom stereocenters. The van der Waals surface area contributed by atoms with Crippen molar-refractivity contribution in [1.29, 1.82) is 0 Å². The van der Waals surface area contributed by atoms with E-state index in [-0.39, 0.29) is 36.0 Å². The fourth-order valence-electron chi connectivity index (χ4n) is 2.56. The number of nitrogens with one attached hydrogen (secondary N) is 1. The van der Waals surface area contributed by atoms with E-state index in [1.807, 2.05) is 0 Å². The van der Waals surface area contributed by atoms with Crippen molar-refractivity contribution in [3.63, 3.8) is 0 Å². The topological polar surface area (TPSA) is 97.8 Å². The summed E-state index contributed by atoms with van der Waals surface area (Å²) < 4.78 is 9.85. The first-order valence-corrected chi connectivity index (χ1v) is 8.41. The molecule has 0 aliphatic carbocycles. The zero-order valence-electron chi connectivity index (χ0n) is 14.5. The summed E-state index contributed by atoms with van der Waals surface area (Å²) in [4.78, 5) is 41.4. The van der Waals surface area contributed by atoms with E-state index in [1.54, 1.807) is 30.9 Å². The summed E-state index contributed by atoms with van der Waals surface area (Å²) in [7, 11) is 0. The number of amides is 2. The van der Waals surface area contributed by atoms with Gasteiger partial charge in [0.1, 0.15) is 11.4 Å². The van der Waals surface area contributed by atoms with Gasteiger partial charge in [0.25, 0.3) is 5.91 Å². The molecule has 8 heteroatoms. The highest BCUT2D eigenvalue weighted by Crippen LogP contribution is 2.12. The minimum Gasteiger partial charge on any atom is -0.461 e. The average Bonchev–Trinajstić information content (AvgIpc) is 2.63. The van der Waals surface area contributed by atoms with Crippen molar-refractivity contribution >= 4 is 18.0 Å². The normalized spacial score (nSPS) is 14.7. The molecule has 0 spiro atoms. The molecule has 2 rings (SSSR count). The number of aromatic nitrogens is 1. The van der Waals surface area contributed by atoms with E-state index in [9.17, 15) is 14.4 Å². The molecule has 1 aliphatic heterocycles. The van der Waals surface area contributed by atoms with E-state index in [1.165, 1.54) is 6.07 Å². The Morgan fingerprint density at radius 1 is 1.12 bits per heavy atom.